The first-order chi connectivity index (χ1) is 15.2. The van der Waals surface area contributed by atoms with Crippen LogP contribution < -0.4 is 34.5 Å². The van der Waals surface area contributed by atoms with Crippen LogP contribution in [0.3, 0.4) is 0 Å². The lowest BCUT2D eigenvalue weighted by molar-refractivity contribution is -0.117. The van der Waals surface area contributed by atoms with E-state index in [0.717, 1.165) is 5.69 Å². The highest BCUT2D eigenvalue weighted by molar-refractivity contribution is 5.97. The van der Waals surface area contributed by atoms with Crippen LogP contribution >= 0.6 is 0 Å². The van der Waals surface area contributed by atoms with Crippen LogP contribution in [0.2, 0.25) is 0 Å². The molecule has 2 aromatic rings. The summed E-state index contributed by atoms with van der Waals surface area (Å²) in [5, 5.41) is 5.66. The van der Waals surface area contributed by atoms with Gasteiger partial charge in [0.25, 0.3) is 0 Å². The van der Waals surface area contributed by atoms with Crippen LogP contribution in [0.1, 0.15) is 6.42 Å². The summed E-state index contributed by atoms with van der Waals surface area (Å²) in [6.07, 6.45) is -0.0433. The summed E-state index contributed by atoms with van der Waals surface area (Å²) in [5.41, 5.74) is 0.727. The van der Waals surface area contributed by atoms with Gasteiger partial charge in [-0.25, -0.2) is 4.79 Å². The van der Waals surface area contributed by atoms with Crippen molar-refractivity contribution >= 4 is 17.6 Å². The van der Waals surface area contributed by atoms with E-state index in [1.807, 2.05) is 30.3 Å². The van der Waals surface area contributed by atoms with Gasteiger partial charge < -0.3 is 34.5 Å². The number of urea groups is 1. The Morgan fingerprint density at radius 3 is 2.65 bits per heavy atom. The molecule has 3 aliphatic heterocycles. The molecule has 0 saturated carbocycles. The number of para-hydroxylation sites is 2. The average molecular weight is 425 g/mol. The average Bonchev–Trinajstić information content (AvgIpc) is 3.17. The van der Waals surface area contributed by atoms with Crippen LogP contribution in [-0.4, -0.2) is 57.0 Å². The molecule has 0 radical (unpaired) electrons. The molecular weight excluding hydrogens is 402 g/mol. The highest BCUT2D eigenvalue weighted by Gasteiger charge is 2.32. The number of carbonyl (C=O) groups excluding carboxylic acids is 2. The maximum absolute atomic E-state index is 12.5. The van der Waals surface area contributed by atoms with E-state index in [4.69, 9.17) is 18.9 Å². The number of nitrogens with one attached hydrogen (secondary N) is 2. The van der Waals surface area contributed by atoms with Crippen LogP contribution in [0.5, 0.6) is 23.0 Å². The van der Waals surface area contributed by atoms with E-state index in [1.165, 1.54) is 0 Å². The van der Waals surface area contributed by atoms with Crippen molar-refractivity contribution in [3.63, 3.8) is 0 Å². The second kappa shape index (κ2) is 8.25. The lowest BCUT2D eigenvalue weighted by Crippen LogP contribution is -2.47. The standard InChI is InChI=1S/C22H23N3O6/c26-21-9-14(12-25(21)15-5-6-18-20(10-15)29-8-7-28-18)24-22(27)23-11-16-13-30-17-3-1-2-4-19(17)31-16/h1-6,10,14,16H,7-9,11-13H2,(H2,23,24,27). The maximum atomic E-state index is 12.5. The number of ether oxygens (including phenoxy) is 4. The molecule has 5 rings (SSSR count). The first-order valence-corrected chi connectivity index (χ1v) is 10.3. The molecule has 9 nitrogen and oxygen atoms in total. The molecule has 0 spiro atoms. The predicted molar refractivity (Wildman–Crippen MR) is 111 cm³/mol. The highest BCUT2D eigenvalue weighted by atomic mass is 16.6. The molecule has 162 valence electrons. The molecule has 3 heterocycles. The van der Waals surface area contributed by atoms with Crippen molar-refractivity contribution in [3.8, 4) is 23.0 Å². The van der Waals surface area contributed by atoms with Gasteiger partial charge in [-0.15, -0.1) is 0 Å². The molecule has 2 atom stereocenters. The number of benzene rings is 2. The van der Waals surface area contributed by atoms with Gasteiger partial charge in [0.1, 0.15) is 19.8 Å². The summed E-state index contributed by atoms with van der Waals surface area (Å²) < 4.78 is 22.6. The first-order valence-electron chi connectivity index (χ1n) is 10.3. The van der Waals surface area contributed by atoms with Gasteiger partial charge in [-0.05, 0) is 24.3 Å². The van der Waals surface area contributed by atoms with Crippen LogP contribution in [0.15, 0.2) is 42.5 Å². The van der Waals surface area contributed by atoms with E-state index >= 15 is 0 Å². The summed E-state index contributed by atoms with van der Waals surface area (Å²) in [6, 6.07) is 12.2. The minimum atomic E-state index is -0.343. The lowest BCUT2D eigenvalue weighted by Gasteiger charge is -2.26. The van der Waals surface area contributed by atoms with Crippen molar-refractivity contribution in [1.82, 2.24) is 10.6 Å². The third kappa shape index (κ3) is 4.16. The quantitative estimate of drug-likeness (QED) is 0.774. The number of amides is 3. The fourth-order valence-electron chi connectivity index (χ4n) is 3.86. The van der Waals surface area contributed by atoms with Gasteiger partial charge in [-0.3, -0.25) is 4.79 Å². The predicted octanol–water partition coefficient (Wildman–Crippen LogP) is 1.70. The van der Waals surface area contributed by atoms with E-state index in [1.54, 1.807) is 17.0 Å². The molecule has 31 heavy (non-hydrogen) atoms. The Morgan fingerprint density at radius 2 is 1.77 bits per heavy atom. The molecule has 2 aromatic carbocycles. The zero-order valence-electron chi connectivity index (χ0n) is 16.8. The van der Waals surface area contributed by atoms with Crippen LogP contribution in [0.25, 0.3) is 0 Å². The third-order valence-corrected chi connectivity index (χ3v) is 5.36. The zero-order valence-corrected chi connectivity index (χ0v) is 16.8. The highest BCUT2D eigenvalue weighted by Crippen LogP contribution is 2.35. The summed E-state index contributed by atoms with van der Waals surface area (Å²) >= 11 is 0. The van der Waals surface area contributed by atoms with Crippen molar-refractivity contribution in [2.24, 2.45) is 0 Å². The molecule has 1 fully saturated rings. The number of rotatable bonds is 4. The molecule has 3 amide bonds. The second-order valence-electron chi connectivity index (χ2n) is 7.59. The number of anilines is 1. The Kier molecular flexibility index (Phi) is 5.15. The van der Waals surface area contributed by atoms with Gasteiger partial charge in [-0.2, -0.15) is 0 Å². The van der Waals surface area contributed by atoms with Gasteiger partial charge in [0.15, 0.2) is 29.1 Å². The van der Waals surface area contributed by atoms with Gasteiger partial charge in [0, 0.05) is 24.7 Å². The number of fused-ring (bicyclic) bond motifs is 2. The van der Waals surface area contributed by atoms with Crippen molar-refractivity contribution < 1.29 is 28.5 Å². The summed E-state index contributed by atoms with van der Waals surface area (Å²) in [4.78, 5) is 26.5. The summed E-state index contributed by atoms with van der Waals surface area (Å²) in [7, 11) is 0. The maximum Gasteiger partial charge on any atom is 0.315 e. The fourth-order valence-corrected chi connectivity index (χ4v) is 3.86. The Bertz CT molecular complexity index is 997. The number of nitrogens with zero attached hydrogens (tertiary/aromatic N) is 1. The Labute approximate surface area is 179 Å². The minimum absolute atomic E-state index is 0.0531. The largest absolute Gasteiger partial charge is 0.486 e. The molecule has 0 aromatic heterocycles. The van der Waals surface area contributed by atoms with E-state index in [0.29, 0.717) is 55.9 Å². The normalized spacial score (nSPS) is 21.5. The Hall–Kier alpha value is -3.62. The van der Waals surface area contributed by atoms with Crippen LogP contribution in [0.4, 0.5) is 10.5 Å². The number of hydrogen-bond acceptors (Lipinski definition) is 6. The molecule has 2 unspecified atom stereocenters. The summed E-state index contributed by atoms with van der Waals surface area (Å²) in [5.74, 6) is 2.61. The lowest BCUT2D eigenvalue weighted by atomic mass is 10.2. The van der Waals surface area contributed by atoms with Gasteiger partial charge in [0.2, 0.25) is 5.91 Å². The molecule has 9 heteroatoms. The monoisotopic (exact) mass is 425 g/mol. The molecule has 0 bridgehead atoms. The van der Waals surface area contributed by atoms with Gasteiger partial charge >= 0.3 is 6.03 Å². The molecule has 3 aliphatic rings. The Morgan fingerprint density at radius 1 is 1.00 bits per heavy atom. The zero-order chi connectivity index (χ0) is 21.2. The van der Waals surface area contributed by atoms with E-state index in [-0.39, 0.29) is 30.5 Å². The third-order valence-electron chi connectivity index (χ3n) is 5.36. The SMILES string of the molecule is O=C(NCC1COc2ccccc2O1)NC1CC(=O)N(c2ccc3c(c2)OCCO3)C1. The molecule has 1 saturated heterocycles. The molecular formula is C22H23N3O6. The van der Waals surface area contributed by atoms with E-state index in [9.17, 15) is 9.59 Å². The van der Waals surface area contributed by atoms with Crippen LogP contribution in [0, 0.1) is 0 Å². The smallest absolute Gasteiger partial charge is 0.315 e. The number of hydrogen-bond donors (Lipinski definition) is 2. The van der Waals surface area contributed by atoms with Crippen molar-refractivity contribution in [2.75, 3.05) is 37.8 Å². The van der Waals surface area contributed by atoms with Crippen LogP contribution in [-0.2, 0) is 4.79 Å². The van der Waals surface area contributed by atoms with Crippen molar-refractivity contribution in [1.29, 1.82) is 0 Å². The van der Waals surface area contributed by atoms with E-state index in [2.05, 4.69) is 10.6 Å². The van der Waals surface area contributed by atoms with Crippen molar-refractivity contribution in [2.45, 2.75) is 18.6 Å². The van der Waals surface area contributed by atoms with Crippen molar-refractivity contribution in [3.05, 3.63) is 42.5 Å². The second-order valence-corrected chi connectivity index (χ2v) is 7.59. The topological polar surface area (TPSA) is 98.4 Å². The molecule has 0 aliphatic carbocycles. The van der Waals surface area contributed by atoms with Gasteiger partial charge in [0.05, 0.1) is 12.6 Å². The fraction of sp³-hybridized carbons (Fsp3) is 0.364. The van der Waals surface area contributed by atoms with E-state index < -0.39 is 0 Å². The first kappa shape index (κ1) is 19.3. The van der Waals surface area contributed by atoms with Gasteiger partial charge in [-0.1, -0.05) is 12.1 Å². The minimum Gasteiger partial charge on any atom is -0.486 e. The summed E-state index contributed by atoms with van der Waals surface area (Å²) in [6.45, 7) is 2.04. The Balaban J connectivity index is 1.13. The number of carbonyl (C=O) groups is 2. The molecule has 2 N–H and O–H groups in total.